The van der Waals surface area contributed by atoms with Gasteiger partial charge in [-0.1, -0.05) is 12.1 Å². The van der Waals surface area contributed by atoms with E-state index >= 15 is 0 Å². The number of anilines is 2. The van der Waals surface area contributed by atoms with Crippen molar-refractivity contribution >= 4 is 22.7 Å². The smallest absolute Gasteiger partial charge is 0.134 e. The number of nitrogens with one attached hydrogen (secondary N) is 2. The standard InChI is InChI=1S/C19H24N6O/c1-13(19-23-15-6-2-3-7-16(15)24-19)22-17-9-18(21-12-20-17)25-8-4-5-14(10-25)11-26/h2-3,6-7,9,12-14,26H,4-5,8,10-11H2,1H3,(H,23,24)(H,20,21,22). The van der Waals surface area contributed by atoms with Crippen molar-refractivity contribution in [2.75, 3.05) is 29.9 Å². The van der Waals surface area contributed by atoms with E-state index in [-0.39, 0.29) is 12.6 Å². The number of piperidine rings is 1. The summed E-state index contributed by atoms with van der Waals surface area (Å²) in [6, 6.07) is 9.97. The lowest BCUT2D eigenvalue weighted by Crippen LogP contribution is -2.37. The van der Waals surface area contributed by atoms with E-state index < -0.39 is 0 Å². The molecule has 1 saturated heterocycles. The third-order valence-electron chi connectivity index (χ3n) is 4.94. The van der Waals surface area contributed by atoms with Gasteiger partial charge in [0.15, 0.2) is 0 Å². The van der Waals surface area contributed by atoms with Gasteiger partial charge in [0, 0.05) is 25.8 Å². The van der Waals surface area contributed by atoms with E-state index in [0.29, 0.717) is 5.92 Å². The Hall–Kier alpha value is -2.67. The van der Waals surface area contributed by atoms with Crippen LogP contribution in [0.1, 0.15) is 31.6 Å². The van der Waals surface area contributed by atoms with E-state index in [2.05, 4.69) is 37.1 Å². The minimum Gasteiger partial charge on any atom is -0.396 e. The fraction of sp³-hybridized carbons (Fsp3) is 0.421. The Bertz CT molecular complexity index is 846. The highest BCUT2D eigenvalue weighted by molar-refractivity contribution is 5.74. The second kappa shape index (κ2) is 7.29. The van der Waals surface area contributed by atoms with Crippen molar-refractivity contribution in [3.63, 3.8) is 0 Å². The minimum absolute atomic E-state index is 0.00306. The lowest BCUT2D eigenvalue weighted by Gasteiger charge is -2.32. The number of hydrogen-bond acceptors (Lipinski definition) is 6. The molecule has 1 aliphatic heterocycles. The molecular weight excluding hydrogens is 328 g/mol. The number of aliphatic hydroxyl groups is 1. The molecule has 3 N–H and O–H groups in total. The van der Waals surface area contributed by atoms with Crippen LogP contribution in [-0.4, -0.2) is 44.7 Å². The first-order chi connectivity index (χ1) is 12.7. The Morgan fingerprint density at radius 2 is 2.23 bits per heavy atom. The summed E-state index contributed by atoms with van der Waals surface area (Å²) in [6.45, 7) is 4.09. The molecule has 26 heavy (non-hydrogen) atoms. The van der Waals surface area contributed by atoms with Crippen LogP contribution >= 0.6 is 0 Å². The molecule has 3 aromatic rings. The van der Waals surface area contributed by atoms with Gasteiger partial charge in [-0.2, -0.15) is 0 Å². The van der Waals surface area contributed by atoms with Crippen LogP contribution < -0.4 is 10.2 Å². The monoisotopic (exact) mass is 352 g/mol. The summed E-state index contributed by atoms with van der Waals surface area (Å²) in [5.74, 6) is 2.88. The van der Waals surface area contributed by atoms with Crippen LogP contribution in [0.5, 0.6) is 0 Å². The molecule has 2 unspecified atom stereocenters. The molecule has 0 aliphatic carbocycles. The summed E-state index contributed by atoms with van der Waals surface area (Å²) < 4.78 is 0. The number of para-hydroxylation sites is 2. The molecule has 136 valence electrons. The average Bonchev–Trinajstić information content (AvgIpc) is 3.13. The lowest BCUT2D eigenvalue weighted by atomic mass is 9.99. The summed E-state index contributed by atoms with van der Waals surface area (Å²) in [6.07, 6.45) is 3.74. The third-order valence-corrected chi connectivity index (χ3v) is 4.94. The number of benzene rings is 1. The van der Waals surface area contributed by atoms with E-state index in [0.717, 1.165) is 54.4 Å². The Balaban J connectivity index is 1.49. The topological polar surface area (TPSA) is 90.0 Å². The largest absolute Gasteiger partial charge is 0.396 e. The summed E-state index contributed by atoms with van der Waals surface area (Å²) in [7, 11) is 0. The summed E-state index contributed by atoms with van der Waals surface area (Å²) in [5, 5.41) is 12.8. The summed E-state index contributed by atoms with van der Waals surface area (Å²) >= 11 is 0. The number of imidazole rings is 1. The van der Waals surface area contributed by atoms with Crippen LogP contribution in [0, 0.1) is 5.92 Å². The third kappa shape index (κ3) is 3.48. The normalized spacial score (nSPS) is 18.8. The zero-order chi connectivity index (χ0) is 17.9. The van der Waals surface area contributed by atoms with Gasteiger partial charge in [0.05, 0.1) is 17.1 Å². The first-order valence-electron chi connectivity index (χ1n) is 9.12. The number of nitrogens with zero attached hydrogens (tertiary/aromatic N) is 4. The zero-order valence-electron chi connectivity index (χ0n) is 14.9. The number of H-pyrrole nitrogens is 1. The first kappa shape index (κ1) is 16.8. The lowest BCUT2D eigenvalue weighted by molar-refractivity contribution is 0.208. The Kier molecular flexibility index (Phi) is 4.71. The quantitative estimate of drug-likeness (QED) is 0.654. The highest BCUT2D eigenvalue weighted by Crippen LogP contribution is 2.24. The van der Waals surface area contributed by atoms with Gasteiger partial charge >= 0.3 is 0 Å². The van der Waals surface area contributed by atoms with Crippen LogP contribution in [0.15, 0.2) is 36.7 Å². The van der Waals surface area contributed by atoms with Crippen LogP contribution in [0.4, 0.5) is 11.6 Å². The number of aromatic amines is 1. The van der Waals surface area contributed by atoms with E-state index in [1.807, 2.05) is 30.3 Å². The molecule has 7 nitrogen and oxygen atoms in total. The molecule has 0 spiro atoms. The number of fused-ring (bicyclic) bond motifs is 1. The van der Waals surface area contributed by atoms with E-state index in [9.17, 15) is 5.11 Å². The number of hydrogen-bond donors (Lipinski definition) is 3. The van der Waals surface area contributed by atoms with Crippen molar-refractivity contribution in [3.8, 4) is 0 Å². The molecule has 1 fully saturated rings. The first-order valence-corrected chi connectivity index (χ1v) is 9.12. The van der Waals surface area contributed by atoms with Crippen molar-refractivity contribution in [3.05, 3.63) is 42.5 Å². The molecule has 4 rings (SSSR count). The van der Waals surface area contributed by atoms with Crippen LogP contribution in [0.3, 0.4) is 0 Å². The maximum atomic E-state index is 9.43. The van der Waals surface area contributed by atoms with Gasteiger partial charge in [0.25, 0.3) is 0 Å². The fourth-order valence-corrected chi connectivity index (χ4v) is 3.49. The van der Waals surface area contributed by atoms with Gasteiger partial charge in [-0.3, -0.25) is 0 Å². The van der Waals surface area contributed by atoms with Crippen molar-refractivity contribution in [1.82, 2.24) is 19.9 Å². The van der Waals surface area contributed by atoms with Gasteiger partial charge in [-0.25, -0.2) is 15.0 Å². The Morgan fingerprint density at radius 1 is 1.35 bits per heavy atom. The molecule has 1 aliphatic rings. The molecule has 0 amide bonds. The number of aliphatic hydroxyl groups excluding tert-OH is 1. The molecule has 2 aromatic heterocycles. The predicted molar refractivity (Wildman–Crippen MR) is 102 cm³/mol. The molecule has 1 aromatic carbocycles. The maximum absolute atomic E-state index is 9.43. The van der Waals surface area contributed by atoms with Crippen molar-refractivity contribution in [1.29, 1.82) is 0 Å². The van der Waals surface area contributed by atoms with Gasteiger partial charge in [-0.15, -0.1) is 0 Å². The second-order valence-corrected chi connectivity index (χ2v) is 6.90. The molecule has 0 saturated carbocycles. The fourth-order valence-electron chi connectivity index (χ4n) is 3.49. The summed E-state index contributed by atoms with van der Waals surface area (Å²) in [4.78, 5) is 19.0. The molecule has 2 atom stereocenters. The van der Waals surface area contributed by atoms with Gasteiger partial charge in [-0.05, 0) is 37.8 Å². The van der Waals surface area contributed by atoms with Crippen molar-refractivity contribution in [2.45, 2.75) is 25.8 Å². The van der Waals surface area contributed by atoms with E-state index in [1.54, 1.807) is 6.33 Å². The van der Waals surface area contributed by atoms with Crippen molar-refractivity contribution < 1.29 is 5.11 Å². The Labute approximate surface area is 152 Å². The maximum Gasteiger partial charge on any atom is 0.134 e. The SMILES string of the molecule is CC(Nc1cc(N2CCCC(CO)C2)ncn1)c1nc2ccccc2[nH]1. The van der Waals surface area contributed by atoms with E-state index in [4.69, 9.17) is 0 Å². The highest BCUT2D eigenvalue weighted by atomic mass is 16.3. The van der Waals surface area contributed by atoms with Gasteiger partial charge < -0.3 is 20.3 Å². The molecule has 0 bridgehead atoms. The average molecular weight is 352 g/mol. The highest BCUT2D eigenvalue weighted by Gasteiger charge is 2.21. The predicted octanol–water partition coefficient (Wildman–Crippen LogP) is 2.73. The molecule has 3 heterocycles. The summed E-state index contributed by atoms with van der Waals surface area (Å²) in [5.41, 5.74) is 1.99. The van der Waals surface area contributed by atoms with E-state index in [1.165, 1.54) is 0 Å². The molecule has 0 radical (unpaired) electrons. The zero-order valence-corrected chi connectivity index (χ0v) is 14.9. The number of rotatable bonds is 5. The molecule has 7 heteroatoms. The van der Waals surface area contributed by atoms with Crippen LogP contribution in [0.25, 0.3) is 11.0 Å². The number of aromatic nitrogens is 4. The second-order valence-electron chi connectivity index (χ2n) is 6.90. The van der Waals surface area contributed by atoms with Crippen molar-refractivity contribution in [2.24, 2.45) is 5.92 Å². The van der Waals surface area contributed by atoms with Gasteiger partial charge in [0.1, 0.15) is 23.8 Å². The van der Waals surface area contributed by atoms with Crippen LogP contribution in [-0.2, 0) is 0 Å². The van der Waals surface area contributed by atoms with Gasteiger partial charge in [0.2, 0.25) is 0 Å². The minimum atomic E-state index is -0.00306. The Morgan fingerprint density at radius 3 is 3.08 bits per heavy atom. The van der Waals surface area contributed by atoms with Crippen LogP contribution in [0.2, 0.25) is 0 Å². The molecular formula is C19H24N6O.